The first-order valence-corrected chi connectivity index (χ1v) is 23.0. The van der Waals surface area contributed by atoms with Crippen molar-refractivity contribution in [2.24, 2.45) is 5.92 Å². The fourth-order valence-electron chi connectivity index (χ4n) is 7.20. The van der Waals surface area contributed by atoms with E-state index < -0.39 is 8.07 Å². The van der Waals surface area contributed by atoms with E-state index in [1.807, 2.05) is 30.3 Å². The summed E-state index contributed by atoms with van der Waals surface area (Å²) in [6.45, 7) is 11.7. The molecule has 0 aliphatic heterocycles. The van der Waals surface area contributed by atoms with Crippen molar-refractivity contribution in [1.29, 1.82) is 0 Å². The van der Waals surface area contributed by atoms with Crippen LogP contribution in [0.15, 0.2) is 152 Å². The molecule has 0 fully saturated rings. The molecule has 0 amide bonds. The van der Waals surface area contributed by atoms with Gasteiger partial charge >= 0.3 is 0 Å². The second-order valence-electron chi connectivity index (χ2n) is 15.3. The van der Waals surface area contributed by atoms with Crippen molar-refractivity contribution < 1.29 is 20.1 Å². The molecule has 6 aromatic carbocycles. The number of rotatable bonds is 7. The molecule has 55 heavy (non-hydrogen) atoms. The third-order valence-corrected chi connectivity index (χ3v) is 12.7. The number of para-hydroxylation sites is 2. The molecule has 9 aromatic rings. The average Bonchev–Trinajstić information content (AvgIpc) is 3.78. The van der Waals surface area contributed by atoms with Crippen LogP contribution in [0.2, 0.25) is 19.6 Å². The van der Waals surface area contributed by atoms with E-state index in [1.54, 1.807) is 11.3 Å². The molecule has 6 heteroatoms. The smallest absolute Gasteiger partial charge is 0.0798 e. The van der Waals surface area contributed by atoms with E-state index in [4.69, 9.17) is 4.98 Å². The van der Waals surface area contributed by atoms with Crippen LogP contribution in [0.3, 0.4) is 0 Å². The van der Waals surface area contributed by atoms with Crippen LogP contribution in [0, 0.1) is 17.4 Å². The van der Waals surface area contributed by atoms with E-state index in [0.717, 1.165) is 45.8 Å². The molecule has 275 valence electrons. The Labute approximate surface area is 343 Å². The number of pyridine rings is 1. The zero-order chi connectivity index (χ0) is 37.2. The van der Waals surface area contributed by atoms with Gasteiger partial charge in [0.2, 0.25) is 0 Å². The minimum absolute atomic E-state index is 0. The van der Waals surface area contributed by atoms with Gasteiger partial charge in [-0.2, -0.15) is 0 Å². The average molecular weight is 926 g/mol. The maximum absolute atomic E-state index is 5.08. The summed E-state index contributed by atoms with van der Waals surface area (Å²) in [5.74, 6) is 1.59. The SMILES string of the molecule is CC(C)Cc1cc(-c2[c-]cccc2)ncc1[Si](C)(C)C.[Ir].[c-]1sc2cc3ccccc3cc2c1-c1nc2ccccc2n1-c1ccc(-c2ccccc2)cc1. The number of imidazole rings is 1. The van der Waals surface area contributed by atoms with Crippen molar-refractivity contribution >= 4 is 56.5 Å². The standard InChI is InChI=1S/C31H19N2S.C18H24NSi.Ir/c1-2-8-21(9-3-1)22-14-16-25(17-15-22)33-29-13-7-6-12-28(29)32-31(33)27-20-34-30-19-24-11-5-4-10-23(24)18-26(27)30;1-14(2)11-16-12-17(15-9-7-6-8-10-15)19-13-18(16)20(3,4)5;/h1-19H;6-9,12-14H,11H2,1-5H3;/q2*-1;. The topological polar surface area (TPSA) is 30.7 Å². The summed E-state index contributed by atoms with van der Waals surface area (Å²) < 4.78 is 3.49. The number of nitrogens with zero attached hydrogens (tertiary/aromatic N) is 3. The van der Waals surface area contributed by atoms with Crippen molar-refractivity contribution in [3.8, 4) is 39.5 Å². The van der Waals surface area contributed by atoms with Gasteiger partial charge in [0, 0.05) is 32.0 Å². The van der Waals surface area contributed by atoms with Crippen LogP contribution in [0.5, 0.6) is 0 Å². The molecule has 9 rings (SSSR count). The Hall–Kier alpha value is -4.97. The van der Waals surface area contributed by atoms with Gasteiger partial charge in [0.25, 0.3) is 0 Å². The van der Waals surface area contributed by atoms with Gasteiger partial charge in [-0.3, -0.25) is 16.3 Å². The van der Waals surface area contributed by atoms with Crippen molar-refractivity contribution in [1.82, 2.24) is 14.5 Å². The van der Waals surface area contributed by atoms with Gasteiger partial charge in [0.15, 0.2) is 0 Å². The van der Waals surface area contributed by atoms with E-state index in [9.17, 15) is 0 Å². The van der Waals surface area contributed by atoms with Gasteiger partial charge in [-0.15, -0.1) is 41.3 Å². The van der Waals surface area contributed by atoms with Gasteiger partial charge in [-0.1, -0.05) is 152 Å². The Kier molecular flexibility index (Phi) is 11.4. The van der Waals surface area contributed by atoms with Gasteiger partial charge in [-0.25, -0.2) is 0 Å². The summed E-state index contributed by atoms with van der Waals surface area (Å²) in [5, 5.41) is 8.74. The first-order chi connectivity index (χ1) is 26.2. The van der Waals surface area contributed by atoms with Gasteiger partial charge < -0.3 is 9.55 Å². The molecule has 3 heterocycles. The van der Waals surface area contributed by atoms with Crippen molar-refractivity contribution in [2.45, 2.75) is 39.9 Å². The number of fused-ring (bicyclic) bond motifs is 3. The molecule has 0 saturated heterocycles. The molecular formula is C49H43IrN3SSi-2. The fraction of sp³-hybridized carbons (Fsp3) is 0.143. The maximum Gasteiger partial charge on any atom is 0.0798 e. The van der Waals surface area contributed by atoms with Crippen molar-refractivity contribution in [3.63, 3.8) is 0 Å². The third-order valence-electron chi connectivity index (χ3n) is 9.81. The van der Waals surface area contributed by atoms with E-state index in [-0.39, 0.29) is 20.1 Å². The Morgan fingerprint density at radius 2 is 1.40 bits per heavy atom. The Morgan fingerprint density at radius 3 is 2.11 bits per heavy atom. The summed E-state index contributed by atoms with van der Waals surface area (Å²) in [5.41, 5.74) is 10.2. The van der Waals surface area contributed by atoms with E-state index in [0.29, 0.717) is 5.92 Å². The number of hydrogen-bond acceptors (Lipinski definition) is 3. The van der Waals surface area contributed by atoms with Crippen LogP contribution in [-0.4, -0.2) is 22.6 Å². The van der Waals surface area contributed by atoms with E-state index in [1.165, 1.54) is 42.7 Å². The van der Waals surface area contributed by atoms with Crippen LogP contribution >= 0.6 is 11.3 Å². The monoisotopic (exact) mass is 926 g/mol. The molecule has 0 bridgehead atoms. The van der Waals surface area contributed by atoms with Gasteiger partial charge in [-0.05, 0) is 69.4 Å². The summed E-state index contributed by atoms with van der Waals surface area (Å²) in [4.78, 5) is 9.77. The first kappa shape index (κ1) is 38.3. The van der Waals surface area contributed by atoms with Crippen molar-refractivity contribution in [2.75, 3.05) is 0 Å². The molecule has 1 radical (unpaired) electrons. The molecule has 0 unspecified atom stereocenters. The van der Waals surface area contributed by atoms with Gasteiger partial charge in [0.05, 0.1) is 24.9 Å². The molecule has 0 aliphatic rings. The Bertz CT molecular complexity index is 2690. The summed E-state index contributed by atoms with van der Waals surface area (Å²) >= 11 is 1.66. The number of benzene rings is 6. The third kappa shape index (κ3) is 8.19. The molecular weight excluding hydrogens is 883 g/mol. The number of hydrogen-bond donors (Lipinski definition) is 0. The van der Waals surface area contributed by atoms with Crippen LogP contribution in [-0.2, 0) is 26.5 Å². The van der Waals surface area contributed by atoms with Crippen LogP contribution in [0.25, 0.3) is 71.4 Å². The number of thiophene rings is 1. The minimum Gasteiger partial charge on any atom is -0.333 e. The summed E-state index contributed by atoms with van der Waals surface area (Å²) in [7, 11) is -1.34. The van der Waals surface area contributed by atoms with Crippen LogP contribution in [0.4, 0.5) is 0 Å². The second kappa shape index (κ2) is 16.4. The second-order valence-corrected chi connectivity index (χ2v) is 21.2. The minimum atomic E-state index is -1.34. The predicted molar refractivity (Wildman–Crippen MR) is 234 cm³/mol. The zero-order valence-electron chi connectivity index (χ0n) is 31.8. The molecule has 0 aliphatic carbocycles. The fourth-order valence-corrected chi connectivity index (χ4v) is 9.66. The molecule has 0 N–H and O–H groups in total. The first-order valence-electron chi connectivity index (χ1n) is 18.7. The Balaban J connectivity index is 0.000000191. The van der Waals surface area contributed by atoms with Crippen LogP contribution < -0.4 is 5.19 Å². The van der Waals surface area contributed by atoms with Crippen molar-refractivity contribution in [3.05, 3.63) is 169 Å². The predicted octanol–water partition coefficient (Wildman–Crippen LogP) is 12.8. The zero-order valence-corrected chi connectivity index (χ0v) is 36.0. The molecule has 0 spiro atoms. The van der Waals surface area contributed by atoms with Gasteiger partial charge in [0.1, 0.15) is 0 Å². The quantitative estimate of drug-likeness (QED) is 0.118. The maximum atomic E-state index is 5.08. The molecule has 3 nitrogen and oxygen atoms in total. The van der Waals surface area contributed by atoms with Crippen LogP contribution in [0.1, 0.15) is 19.4 Å². The summed E-state index contributed by atoms with van der Waals surface area (Å²) in [6.07, 6.45) is 3.24. The largest absolute Gasteiger partial charge is 0.333 e. The normalized spacial score (nSPS) is 11.5. The number of aromatic nitrogens is 3. The molecule has 0 atom stereocenters. The molecule has 0 saturated carbocycles. The van der Waals surface area contributed by atoms with E-state index >= 15 is 0 Å². The summed E-state index contributed by atoms with van der Waals surface area (Å²) in [6, 6.07) is 54.2. The van der Waals surface area contributed by atoms with E-state index in [2.05, 4.69) is 176 Å². The molecule has 3 aromatic heterocycles. The Morgan fingerprint density at radius 1 is 0.727 bits per heavy atom.